The second kappa shape index (κ2) is 6.78. The van der Waals surface area contributed by atoms with Gasteiger partial charge in [-0.05, 0) is 36.1 Å². The van der Waals surface area contributed by atoms with Crippen molar-refractivity contribution in [2.45, 2.75) is 13.3 Å². The number of hydrogen-bond acceptors (Lipinski definition) is 4. The largest absolute Gasteiger partial charge is 0.317 e. The third-order valence-electron chi connectivity index (χ3n) is 3.89. The van der Waals surface area contributed by atoms with Crippen LogP contribution in [0.5, 0.6) is 0 Å². The SMILES string of the molecule is Cc1cccc(CC(=O)Nc2sccc2-c2nc3ccccc3s2)c1. The molecule has 0 aliphatic carbocycles. The molecule has 2 aromatic heterocycles. The number of carbonyl (C=O) groups is 1. The number of nitrogens with zero attached hydrogens (tertiary/aromatic N) is 1. The highest BCUT2D eigenvalue weighted by Gasteiger charge is 2.14. The predicted molar refractivity (Wildman–Crippen MR) is 106 cm³/mol. The first kappa shape index (κ1) is 16.0. The van der Waals surface area contributed by atoms with Crippen LogP contribution < -0.4 is 5.32 Å². The van der Waals surface area contributed by atoms with E-state index in [0.29, 0.717) is 6.42 Å². The lowest BCUT2D eigenvalue weighted by Crippen LogP contribution is -2.14. The Labute approximate surface area is 154 Å². The molecule has 0 saturated carbocycles. The third kappa shape index (κ3) is 3.48. The van der Waals surface area contributed by atoms with Crippen molar-refractivity contribution in [1.82, 2.24) is 4.98 Å². The van der Waals surface area contributed by atoms with E-state index in [2.05, 4.69) is 11.4 Å². The molecule has 0 unspecified atom stereocenters. The summed E-state index contributed by atoms with van der Waals surface area (Å²) < 4.78 is 1.15. The van der Waals surface area contributed by atoms with Gasteiger partial charge in [-0.3, -0.25) is 4.79 Å². The van der Waals surface area contributed by atoms with E-state index < -0.39 is 0 Å². The van der Waals surface area contributed by atoms with E-state index in [4.69, 9.17) is 4.98 Å². The van der Waals surface area contributed by atoms with Gasteiger partial charge in [0.25, 0.3) is 0 Å². The molecule has 124 valence electrons. The summed E-state index contributed by atoms with van der Waals surface area (Å²) in [5, 5.41) is 6.83. The van der Waals surface area contributed by atoms with E-state index in [1.807, 2.05) is 60.8 Å². The first-order chi connectivity index (χ1) is 12.2. The Morgan fingerprint density at radius 2 is 2.00 bits per heavy atom. The molecule has 2 aromatic carbocycles. The van der Waals surface area contributed by atoms with Crippen LogP contribution in [-0.2, 0) is 11.2 Å². The molecule has 0 aliphatic rings. The Morgan fingerprint density at radius 3 is 2.84 bits per heavy atom. The molecule has 1 amide bonds. The van der Waals surface area contributed by atoms with Gasteiger partial charge in [-0.1, -0.05) is 42.0 Å². The minimum absolute atomic E-state index is 0.00425. The van der Waals surface area contributed by atoms with Gasteiger partial charge in [0, 0.05) is 5.56 Å². The molecule has 0 aliphatic heterocycles. The van der Waals surface area contributed by atoms with Crippen molar-refractivity contribution in [1.29, 1.82) is 0 Å². The number of fused-ring (bicyclic) bond motifs is 1. The van der Waals surface area contributed by atoms with E-state index in [9.17, 15) is 4.79 Å². The summed E-state index contributed by atoms with van der Waals surface area (Å²) in [5.41, 5.74) is 4.17. The summed E-state index contributed by atoms with van der Waals surface area (Å²) in [6, 6.07) is 18.1. The molecule has 0 atom stereocenters. The molecule has 3 nitrogen and oxygen atoms in total. The van der Waals surface area contributed by atoms with Gasteiger partial charge in [0.05, 0.1) is 16.6 Å². The minimum Gasteiger partial charge on any atom is -0.317 e. The summed E-state index contributed by atoms with van der Waals surface area (Å²) in [5.74, 6) is -0.00425. The number of thiazole rings is 1. The number of hydrogen-bond donors (Lipinski definition) is 1. The number of thiophene rings is 1. The van der Waals surface area contributed by atoms with Gasteiger partial charge in [0.15, 0.2) is 0 Å². The molecule has 0 fully saturated rings. The summed E-state index contributed by atoms with van der Waals surface area (Å²) in [6.45, 7) is 2.03. The van der Waals surface area contributed by atoms with Crippen molar-refractivity contribution in [2.75, 3.05) is 5.32 Å². The second-order valence-electron chi connectivity index (χ2n) is 5.86. The summed E-state index contributed by atoms with van der Waals surface area (Å²) in [4.78, 5) is 17.1. The fraction of sp³-hybridized carbons (Fsp3) is 0.100. The zero-order valence-corrected chi connectivity index (χ0v) is 15.3. The van der Waals surface area contributed by atoms with Crippen molar-refractivity contribution in [3.05, 3.63) is 71.1 Å². The van der Waals surface area contributed by atoms with Crippen LogP contribution in [0.25, 0.3) is 20.8 Å². The van der Waals surface area contributed by atoms with Gasteiger partial charge in [-0.25, -0.2) is 4.98 Å². The quantitative estimate of drug-likeness (QED) is 0.518. The zero-order chi connectivity index (χ0) is 17.2. The van der Waals surface area contributed by atoms with Crippen LogP contribution in [0.3, 0.4) is 0 Å². The Hall–Kier alpha value is -2.50. The van der Waals surface area contributed by atoms with Crippen LogP contribution in [0, 0.1) is 6.92 Å². The van der Waals surface area contributed by atoms with Crippen LogP contribution in [0.1, 0.15) is 11.1 Å². The maximum Gasteiger partial charge on any atom is 0.229 e. The van der Waals surface area contributed by atoms with Crippen LogP contribution >= 0.6 is 22.7 Å². The van der Waals surface area contributed by atoms with Crippen LogP contribution in [0.15, 0.2) is 60.0 Å². The summed E-state index contributed by atoms with van der Waals surface area (Å²) in [7, 11) is 0. The zero-order valence-electron chi connectivity index (χ0n) is 13.7. The number of anilines is 1. The van der Waals surface area contributed by atoms with Crippen molar-refractivity contribution in [2.24, 2.45) is 0 Å². The summed E-state index contributed by atoms with van der Waals surface area (Å²) >= 11 is 3.18. The van der Waals surface area contributed by atoms with Gasteiger partial charge in [0.2, 0.25) is 5.91 Å². The number of nitrogens with one attached hydrogen (secondary N) is 1. The maximum absolute atomic E-state index is 12.4. The monoisotopic (exact) mass is 364 g/mol. The van der Waals surface area contributed by atoms with Crippen molar-refractivity contribution in [3.63, 3.8) is 0 Å². The number of carbonyl (C=O) groups excluding carboxylic acids is 1. The van der Waals surface area contributed by atoms with Gasteiger partial charge in [-0.15, -0.1) is 22.7 Å². The highest BCUT2D eigenvalue weighted by molar-refractivity contribution is 7.22. The van der Waals surface area contributed by atoms with Gasteiger partial charge in [-0.2, -0.15) is 0 Å². The molecule has 2 heterocycles. The molecule has 5 heteroatoms. The highest BCUT2D eigenvalue weighted by atomic mass is 32.1. The van der Waals surface area contributed by atoms with Gasteiger partial charge < -0.3 is 5.32 Å². The molecule has 0 spiro atoms. The Balaban J connectivity index is 1.56. The number of amides is 1. The number of benzene rings is 2. The lowest BCUT2D eigenvalue weighted by molar-refractivity contribution is -0.115. The van der Waals surface area contributed by atoms with E-state index in [0.717, 1.165) is 36.9 Å². The van der Waals surface area contributed by atoms with Crippen LogP contribution in [0.2, 0.25) is 0 Å². The van der Waals surface area contributed by atoms with Crippen molar-refractivity contribution >= 4 is 43.8 Å². The van der Waals surface area contributed by atoms with Crippen LogP contribution in [0.4, 0.5) is 5.00 Å². The van der Waals surface area contributed by atoms with Crippen LogP contribution in [-0.4, -0.2) is 10.9 Å². The average Bonchev–Trinajstić information content (AvgIpc) is 3.20. The number of aromatic nitrogens is 1. The molecule has 4 aromatic rings. The number of rotatable bonds is 4. The molecule has 0 saturated heterocycles. The molecular formula is C20H16N2OS2. The highest BCUT2D eigenvalue weighted by Crippen LogP contribution is 2.37. The Bertz CT molecular complexity index is 1020. The standard InChI is InChI=1S/C20H16N2OS2/c1-13-5-4-6-14(11-13)12-18(23)22-19-15(9-10-24-19)20-21-16-7-2-3-8-17(16)25-20/h2-11H,12H2,1H3,(H,22,23). The predicted octanol–water partition coefficient (Wildman–Crippen LogP) is 5.51. The third-order valence-corrected chi connectivity index (χ3v) is 5.79. The number of aryl methyl sites for hydroxylation is 1. The smallest absolute Gasteiger partial charge is 0.229 e. The molecule has 0 bridgehead atoms. The fourth-order valence-corrected chi connectivity index (χ4v) is 4.61. The molecule has 4 rings (SSSR count). The minimum atomic E-state index is -0.00425. The normalized spacial score (nSPS) is 10.9. The first-order valence-corrected chi connectivity index (χ1v) is 9.67. The van der Waals surface area contributed by atoms with Crippen molar-refractivity contribution < 1.29 is 4.79 Å². The molecule has 0 radical (unpaired) electrons. The van der Waals surface area contributed by atoms with Crippen molar-refractivity contribution in [3.8, 4) is 10.6 Å². The summed E-state index contributed by atoms with van der Waals surface area (Å²) in [6.07, 6.45) is 0.374. The molecule has 25 heavy (non-hydrogen) atoms. The Morgan fingerprint density at radius 1 is 1.12 bits per heavy atom. The van der Waals surface area contributed by atoms with E-state index in [1.165, 1.54) is 11.3 Å². The molecule has 1 N–H and O–H groups in total. The lowest BCUT2D eigenvalue weighted by atomic mass is 10.1. The van der Waals surface area contributed by atoms with Gasteiger partial charge in [0.1, 0.15) is 10.0 Å². The Kier molecular flexibility index (Phi) is 4.34. The fourth-order valence-electron chi connectivity index (χ4n) is 2.74. The lowest BCUT2D eigenvalue weighted by Gasteiger charge is -2.06. The number of para-hydroxylation sites is 1. The van der Waals surface area contributed by atoms with E-state index >= 15 is 0 Å². The van der Waals surface area contributed by atoms with E-state index in [-0.39, 0.29) is 5.91 Å². The first-order valence-electron chi connectivity index (χ1n) is 7.98. The van der Waals surface area contributed by atoms with E-state index in [1.54, 1.807) is 11.3 Å². The van der Waals surface area contributed by atoms with Gasteiger partial charge >= 0.3 is 0 Å². The molecular weight excluding hydrogens is 348 g/mol. The average molecular weight is 364 g/mol. The topological polar surface area (TPSA) is 42.0 Å². The second-order valence-corrected chi connectivity index (χ2v) is 7.81. The maximum atomic E-state index is 12.4.